The molecular formula is C26H42O5. The highest BCUT2D eigenvalue weighted by Crippen LogP contribution is 2.67. The number of carbonyl (C=O) groups is 2. The molecule has 0 aromatic heterocycles. The quantitative estimate of drug-likeness (QED) is 0.636. The number of ketones is 1. The first kappa shape index (κ1) is 23.2. The summed E-state index contributed by atoms with van der Waals surface area (Å²) >= 11 is 0. The van der Waals surface area contributed by atoms with E-state index in [9.17, 15) is 19.8 Å². The fraction of sp³-hybridized carbons (Fsp3) is 0.923. The average Bonchev–Trinajstić information content (AvgIpc) is 3.07. The predicted molar refractivity (Wildman–Crippen MR) is 118 cm³/mol. The summed E-state index contributed by atoms with van der Waals surface area (Å²) in [6.07, 6.45) is 6.34. The Morgan fingerprint density at radius 2 is 1.90 bits per heavy atom. The van der Waals surface area contributed by atoms with Crippen molar-refractivity contribution < 1.29 is 24.5 Å². The Morgan fingerprint density at radius 3 is 2.61 bits per heavy atom. The Bertz CT molecular complexity index is 706. The molecule has 4 fully saturated rings. The molecule has 10 atom stereocenters. The Balaban J connectivity index is 1.55. The van der Waals surface area contributed by atoms with Crippen molar-refractivity contribution in [2.75, 3.05) is 6.61 Å². The molecular weight excluding hydrogens is 392 g/mol. The van der Waals surface area contributed by atoms with Gasteiger partial charge >= 0.3 is 5.97 Å². The van der Waals surface area contributed by atoms with Crippen molar-refractivity contribution >= 4 is 11.8 Å². The Kier molecular flexibility index (Phi) is 6.33. The van der Waals surface area contributed by atoms with E-state index in [1.54, 1.807) is 0 Å². The smallest absolute Gasteiger partial charge is 0.305 e. The van der Waals surface area contributed by atoms with E-state index < -0.39 is 6.10 Å². The van der Waals surface area contributed by atoms with Crippen molar-refractivity contribution in [1.29, 1.82) is 0 Å². The molecule has 0 bridgehead atoms. The number of fused-ring (bicyclic) bond motifs is 5. The van der Waals surface area contributed by atoms with Crippen molar-refractivity contribution in [3.05, 3.63) is 0 Å². The van der Waals surface area contributed by atoms with Gasteiger partial charge in [-0.05, 0) is 86.9 Å². The summed E-state index contributed by atoms with van der Waals surface area (Å²) in [7, 11) is 0. The summed E-state index contributed by atoms with van der Waals surface area (Å²) in [5, 5.41) is 21.8. The molecule has 5 nitrogen and oxygen atoms in total. The average molecular weight is 435 g/mol. The summed E-state index contributed by atoms with van der Waals surface area (Å²) in [5.41, 5.74) is -0.212. The van der Waals surface area contributed by atoms with E-state index >= 15 is 0 Å². The summed E-state index contributed by atoms with van der Waals surface area (Å²) < 4.78 is 5.11. The van der Waals surface area contributed by atoms with Crippen LogP contribution in [0.5, 0.6) is 0 Å². The second-order valence-corrected chi connectivity index (χ2v) is 11.7. The van der Waals surface area contributed by atoms with E-state index in [1.807, 2.05) is 6.92 Å². The van der Waals surface area contributed by atoms with Crippen LogP contribution in [0.15, 0.2) is 0 Å². The van der Waals surface area contributed by atoms with Crippen LogP contribution in [-0.2, 0) is 14.3 Å². The number of hydrogen-bond donors (Lipinski definition) is 2. The molecule has 0 radical (unpaired) electrons. The fourth-order valence-corrected chi connectivity index (χ4v) is 8.62. The number of aliphatic hydroxyl groups excluding tert-OH is 2. The number of Topliss-reactive ketones (excluding diaryl/α,β-unsaturated/α-hetero) is 1. The maximum absolute atomic E-state index is 13.5. The van der Waals surface area contributed by atoms with Crippen LogP contribution < -0.4 is 0 Å². The maximum Gasteiger partial charge on any atom is 0.305 e. The number of rotatable bonds is 5. The summed E-state index contributed by atoms with van der Waals surface area (Å²) in [5.74, 6) is 1.64. The van der Waals surface area contributed by atoms with Gasteiger partial charge in [-0.15, -0.1) is 0 Å². The van der Waals surface area contributed by atoms with Gasteiger partial charge in [0.2, 0.25) is 0 Å². The van der Waals surface area contributed by atoms with E-state index in [4.69, 9.17) is 4.74 Å². The number of ether oxygens (including phenoxy) is 1. The molecule has 4 saturated carbocycles. The third-order valence-electron chi connectivity index (χ3n) is 10.4. The Morgan fingerprint density at radius 1 is 1.16 bits per heavy atom. The molecule has 0 aromatic rings. The Labute approximate surface area is 187 Å². The van der Waals surface area contributed by atoms with Crippen molar-refractivity contribution in [2.24, 2.45) is 46.3 Å². The molecule has 0 aliphatic heterocycles. The number of esters is 1. The molecule has 0 spiro atoms. The van der Waals surface area contributed by atoms with Crippen LogP contribution in [0, 0.1) is 46.3 Å². The Hall–Kier alpha value is -0.940. The SMILES string of the molecule is CCOC(=O)CC[C@H](C)[C@H]1CCC2C3C(=O)C[C@@H]4C[C@H](O)CC[C@]4(C)C3C[C@H](O)[C@@]21C. The molecule has 176 valence electrons. The van der Waals surface area contributed by atoms with Gasteiger partial charge in [0.25, 0.3) is 0 Å². The van der Waals surface area contributed by atoms with E-state index in [1.165, 1.54) is 0 Å². The molecule has 5 heteroatoms. The highest BCUT2D eigenvalue weighted by molar-refractivity contribution is 5.83. The molecule has 0 saturated heterocycles. The highest BCUT2D eigenvalue weighted by atomic mass is 16.5. The van der Waals surface area contributed by atoms with Gasteiger partial charge in [0, 0.05) is 24.2 Å². The topological polar surface area (TPSA) is 83.8 Å². The minimum Gasteiger partial charge on any atom is -0.466 e. The van der Waals surface area contributed by atoms with Crippen molar-refractivity contribution in [3.63, 3.8) is 0 Å². The zero-order valence-electron chi connectivity index (χ0n) is 19.8. The third kappa shape index (κ3) is 3.68. The first-order valence-electron chi connectivity index (χ1n) is 12.7. The minimum atomic E-state index is -0.411. The summed E-state index contributed by atoms with van der Waals surface area (Å²) in [6.45, 7) is 9.01. The molecule has 4 aliphatic rings. The number of aliphatic hydroxyl groups is 2. The lowest BCUT2D eigenvalue weighted by molar-refractivity contribution is -0.182. The van der Waals surface area contributed by atoms with Crippen LogP contribution in [0.2, 0.25) is 0 Å². The van der Waals surface area contributed by atoms with Gasteiger partial charge in [0.05, 0.1) is 18.8 Å². The van der Waals surface area contributed by atoms with E-state index in [0.717, 1.165) is 38.5 Å². The lowest BCUT2D eigenvalue weighted by Crippen LogP contribution is -2.61. The highest BCUT2D eigenvalue weighted by Gasteiger charge is 2.65. The number of carbonyl (C=O) groups excluding carboxylic acids is 2. The molecule has 0 heterocycles. The first-order chi connectivity index (χ1) is 14.6. The molecule has 0 aromatic carbocycles. The monoisotopic (exact) mass is 434 g/mol. The van der Waals surface area contributed by atoms with Gasteiger partial charge in [0.15, 0.2) is 0 Å². The largest absolute Gasteiger partial charge is 0.466 e. The zero-order chi connectivity index (χ0) is 22.6. The zero-order valence-corrected chi connectivity index (χ0v) is 19.8. The maximum atomic E-state index is 13.5. The van der Waals surface area contributed by atoms with Gasteiger partial charge in [-0.2, -0.15) is 0 Å². The number of hydrogen-bond acceptors (Lipinski definition) is 5. The minimum absolute atomic E-state index is 0.0483. The van der Waals surface area contributed by atoms with E-state index in [0.29, 0.717) is 43.5 Å². The van der Waals surface area contributed by atoms with Crippen molar-refractivity contribution in [3.8, 4) is 0 Å². The van der Waals surface area contributed by atoms with Gasteiger partial charge in [-0.25, -0.2) is 0 Å². The molecule has 4 rings (SSSR count). The first-order valence-corrected chi connectivity index (χ1v) is 12.7. The summed E-state index contributed by atoms with van der Waals surface area (Å²) in [6, 6.07) is 0. The van der Waals surface area contributed by atoms with E-state index in [-0.39, 0.29) is 46.6 Å². The van der Waals surface area contributed by atoms with Gasteiger partial charge in [0.1, 0.15) is 5.78 Å². The van der Waals surface area contributed by atoms with Crippen molar-refractivity contribution in [1.82, 2.24) is 0 Å². The van der Waals surface area contributed by atoms with Crippen LogP contribution in [0.3, 0.4) is 0 Å². The van der Waals surface area contributed by atoms with Gasteiger partial charge in [-0.1, -0.05) is 20.8 Å². The second-order valence-electron chi connectivity index (χ2n) is 11.7. The standard InChI is InChI=1S/C26H42O5/c1-5-31-23(30)9-6-15(2)18-7-8-19-24-20(14-22(29)26(18,19)4)25(3)11-10-17(27)12-16(25)13-21(24)28/h15-20,22,24,27,29H,5-14H2,1-4H3/t15-,16-,17+,18+,19?,20?,22-,24?,25-,26+/m0/s1. The molecule has 31 heavy (non-hydrogen) atoms. The van der Waals surface area contributed by atoms with Crippen molar-refractivity contribution in [2.45, 2.75) is 97.7 Å². The van der Waals surface area contributed by atoms with Crippen LogP contribution in [-0.4, -0.2) is 40.8 Å². The van der Waals surface area contributed by atoms with Crippen LogP contribution in [0.25, 0.3) is 0 Å². The molecule has 4 aliphatic carbocycles. The van der Waals surface area contributed by atoms with Crippen LogP contribution >= 0.6 is 0 Å². The predicted octanol–water partition coefficient (Wildman–Crippen LogP) is 4.14. The fourth-order valence-electron chi connectivity index (χ4n) is 8.62. The molecule has 0 amide bonds. The summed E-state index contributed by atoms with van der Waals surface area (Å²) in [4.78, 5) is 25.3. The third-order valence-corrected chi connectivity index (χ3v) is 10.4. The normalized spacial score (nSPS) is 47.8. The molecule has 2 N–H and O–H groups in total. The van der Waals surface area contributed by atoms with Crippen LogP contribution in [0.1, 0.15) is 85.5 Å². The van der Waals surface area contributed by atoms with Crippen LogP contribution in [0.4, 0.5) is 0 Å². The second kappa shape index (κ2) is 8.44. The lowest BCUT2D eigenvalue weighted by Gasteiger charge is -2.61. The lowest BCUT2D eigenvalue weighted by atomic mass is 9.43. The van der Waals surface area contributed by atoms with Gasteiger partial charge in [-0.3, -0.25) is 9.59 Å². The van der Waals surface area contributed by atoms with E-state index in [2.05, 4.69) is 20.8 Å². The molecule has 3 unspecified atom stereocenters. The van der Waals surface area contributed by atoms with Gasteiger partial charge < -0.3 is 14.9 Å².